The minimum Gasteiger partial charge on any atom is -0.492 e. The zero-order valence-corrected chi connectivity index (χ0v) is 13.8. The van der Waals surface area contributed by atoms with Gasteiger partial charge in [0.05, 0.1) is 12.8 Å². The second kappa shape index (κ2) is 5.95. The van der Waals surface area contributed by atoms with Gasteiger partial charge in [-0.15, -0.1) is 0 Å². The highest BCUT2D eigenvalue weighted by molar-refractivity contribution is 7.17. The zero-order chi connectivity index (χ0) is 15.8. The van der Waals surface area contributed by atoms with Crippen LogP contribution in [0.5, 0.6) is 5.88 Å². The normalized spacial score (nSPS) is 23.3. The van der Waals surface area contributed by atoms with Crippen molar-refractivity contribution >= 4 is 16.3 Å². The van der Waals surface area contributed by atoms with Crippen LogP contribution in [0.2, 0.25) is 0 Å². The topological polar surface area (TPSA) is 72.4 Å². The lowest BCUT2D eigenvalue weighted by molar-refractivity contribution is -1.02. The number of hydrogen-bond acceptors (Lipinski definition) is 5. The summed E-state index contributed by atoms with van der Waals surface area (Å²) in [5.41, 5.74) is 0. The number of fused-ring (bicyclic) bond motifs is 1. The van der Waals surface area contributed by atoms with E-state index >= 15 is 0 Å². The largest absolute Gasteiger partial charge is 0.492 e. The Labute approximate surface area is 137 Å². The number of furan rings is 1. The number of piperazine rings is 1. The summed E-state index contributed by atoms with van der Waals surface area (Å²) in [7, 11) is 0. The van der Waals surface area contributed by atoms with Crippen molar-refractivity contribution in [3.8, 4) is 5.88 Å². The molecule has 8 heteroatoms. The number of nitrogens with zero attached hydrogens (tertiary/aromatic N) is 3. The molecule has 0 radical (unpaired) electrons. The molecule has 0 unspecified atom stereocenters. The predicted molar refractivity (Wildman–Crippen MR) is 85.0 cm³/mol. The van der Waals surface area contributed by atoms with Crippen molar-refractivity contribution in [3.05, 3.63) is 35.4 Å². The maximum Gasteiger partial charge on any atom is 0.235 e. The van der Waals surface area contributed by atoms with E-state index < -0.39 is 0 Å². The van der Waals surface area contributed by atoms with Crippen LogP contribution in [0.4, 0.5) is 0 Å². The minimum atomic E-state index is -0.00286. The van der Waals surface area contributed by atoms with Crippen molar-refractivity contribution in [1.29, 1.82) is 0 Å². The SMILES string of the molecule is CC[NH+]1CC[NH+]([C@H](c2ccco2)c2sc3ncnn3c2O)CC1. The molecule has 4 heterocycles. The van der Waals surface area contributed by atoms with Gasteiger partial charge < -0.3 is 19.3 Å². The Balaban J connectivity index is 1.71. The molecular formula is C15H21N5O2S+2. The predicted octanol–water partition coefficient (Wildman–Crippen LogP) is -1.02. The molecule has 0 spiro atoms. The molecule has 1 aliphatic rings. The van der Waals surface area contributed by atoms with Crippen molar-refractivity contribution in [1.82, 2.24) is 14.6 Å². The van der Waals surface area contributed by atoms with Crippen molar-refractivity contribution in [2.24, 2.45) is 0 Å². The number of rotatable bonds is 4. The summed E-state index contributed by atoms with van der Waals surface area (Å²) in [6.45, 7) is 7.80. The van der Waals surface area contributed by atoms with E-state index in [1.54, 1.807) is 11.2 Å². The van der Waals surface area contributed by atoms with E-state index in [-0.39, 0.29) is 11.9 Å². The molecule has 3 aromatic rings. The van der Waals surface area contributed by atoms with Gasteiger partial charge in [0.15, 0.2) is 11.8 Å². The Morgan fingerprint density at radius 1 is 1.39 bits per heavy atom. The highest BCUT2D eigenvalue weighted by Gasteiger charge is 2.37. The molecule has 122 valence electrons. The highest BCUT2D eigenvalue weighted by Crippen LogP contribution is 2.34. The van der Waals surface area contributed by atoms with Gasteiger partial charge in [0.25, 0.3) is 0 Å². The molecule has 3 N–H and O–H groups in total. The van der Waals surface area contributed by atoms with Gasteiger partial charge in [0.2, 0.25) is 10.8 Å². The molecule has 3 aromatic heterocycles. The fraction of sp³-hybridized carbons (Fsp3) is 0.467. The Morgan fingerprint density at radius 2 is 2.22 bits per heavy atom. The number of thiazole rings is 1. The van der Waals surface area contributed by atoms with Crippen LogP contribution in [0.1, 0.15) is 23.6 Å². The van der Waals surface area contributed by atoms with Gasteiger partial charge in [-0.3, -0.25) is 0 Å². The van der Waals surface area contributed by atoms with E-state index in [9.17, 15) is 5.11 Å². The minimum absolute atomic E-state index is 0.00286. The molecule has 23 heavy (non-hydrogen) atoms. The Morgan fingerprint density at radius 3 is 2.87 bits per heavy atom. The summed E-state index contributed by atoms with van der Waals surface area (Å²) in [6.07, 6.45) is 3.16. The fourth-order valence-corrected chi connectivity index (χ4v) is 4.52. The van der Waals surface area contributed by atoms with Gasteiger partial charge >= 0.3 is 0 Å². The van der Waals surface area contributed by atoms with Crippen LogP contribution in [0.3, 0.4) is 0 Å². The molecule has 1 fully saturated rings. The number of quaternary nitrogens is 2. The van der Waals surface area contributed by atoms with E-state index in [1.165, 1.54) is 33.6 Å². The second-order valence-electron chi connectivity index (χ2n) is 5.95. The monoisotopic (exact) mass is 335 g/mol. The maximum absolute atomic E-state index is 10.6. The Bertz CT molecular complexity index is 773. The number of nitrogens with one attached hydrogen (secondary N) is 2. The summed E-state index contributed by atoms with van der Waals surface area (Å²) in [5, 5.41) is 14.7. The summed E-state index contributed by atoms with van der Waals surface area (Å²) in [5.74, 6) is 1.07. The van der Waals surface area contributed by atoms with Gasteiger partial charge in [-0.2, -0.15) is 9.61 Å². The van der Waals surface area contributed by atoms with E-state index in [4.69, 9.17) is 4.42 Å². The number of hydrogen-bond donors (Lipinski definition) is 3. The standard InChI is InChI=1S/C15H19N5O2S/c1-2-18-5-7-19(8-6-18)12(11-4-3-9-22-11)13-14(21)20-15(23-13)16-10-17-20/h3-4,9-10,12,21H,2,5-8H2,1H3/p+2/t12-/m1/s1. The lowest BCUT2D eigenvalue weighted by Crippen LogP contribution is -3.28. The quantitative estimate of drug-likeness (QED) is 0.571. The van der Waals surface area contributed by atoms with Crippen LogP contribution >= 0.6 is 11.3 Å². The van der Waals surface area contributed by atoms with Gasteiger partial charge in [-0.05, 0) is 19.1 Å². The third-order valence-electron chi connectivity index (χ3n) is 4.74. The molecule has 1 aliphatic heterocycles. The molecule has 4 rings (SSSR count). The van der Waals surface area contributed by atoms with Crippen LogP contribution in [-0.2, 0) is 0 Å². The van der Waals surface area contributed by atoms with E-state index in [1.807, 2.05) is 12.1 Å². The van der Waals surface area contributed by atoms with E-state index in [2.05, 4.69) is 17.0 Å². The van der Waals surface area contributed by atoms with Gasteiger partial charge in [0, 0.05) is 0 Å². The van der Waals surface area contributed by atoms with Gasteiger partial charge in [-0.25, -0.2) is 4.98 Å². The summed E-state index contributed by atoms with van der Waals surface area (Å²) in [4.78, 5) is 8.86. The van der Waals surface area contributed by atoms with E-state index in [0.717, 1.165) is 36.8 Å². The molecule has 0 bridgehead atoms. The van der Waals surface area contributed by atoms with Crippen molar-refractivity contribution in [3.63, 3.8) is 0 Å². The molecular weight excluding hydrogens is 314 g/mol. The van der Waals surface area contributed by atoms with Gasteiger partial charge in [-0.1, -0.05) is 11.3 Å². The van der Waals surface area contributed by atoms with Crippen LogP contribution in [0.25, 0.3) is 4.96 Å². The molecule has 1 atom stereocenters. The Hall–Kier alpha value is -1.90. The number of aromatic hydroxyl groups is 1. The molecule has 1 saturated heterocycles. The second-order valence-corrected chi connectivity index (χ2v) is 6.96. The van der Waals surface area contributed by atoms with Crippen LogP contribution in [-0.4, -0.2) is 52.4 Å². The first-order valence-corrected chi connectivity index (χ1v) is 8.82. The first-order valence-electron chi connectivity index (χ1n) is 8.01. The van der Waals surface area contributed by atoms with Crippen molar-refractivity contribution in [2.75, 3.05) is 32.7 Å². The molecule has 0 saturated carbocycles. The Kier molecular flexibility index (Phi) is 3.80. The number of likely N-dealkylation sites (N-methyl/N-ethyl adjacent to an activating group) is 1. The third-order valence-corrected chi connectivity index (χ3v) is 5.84. The van der Waals surface area contributed by atoms with Crippen molar-refractivity contribution in [2.45, 2.75) is 13.0 Å². The first-order chi connectivity index (χ1) is 11.3. The van der Waals surface area contributed by atoms with E-state index in [0.29, 0.717) is 4.96 Å². The maximum atomic E-state index is 10.6. The third kappa shape index (κ3) is 2.52. The summed E-state index contributed by atoms with van der Waals surface area (Å²) < 4.78 is 7.20. The fourth-order valence-electron chi connectivity index (χ4n) is 3.42. The smallest absolute Gasteiger partial charge is 0.235 e. The zero-order valence-electron chi connectivity index (χ0n) is 13.0. The summed E-state index contributed by atoms with van der Waals surface area (Å²) in [6, 6.07) is 3.90. The lowest BCUT2D eigenvalue weighted by Gasteiger charge is -2.32. The average Bonchev–Trinajstić information content (AvgIpc) is 3.30. The number of aromatic nitrogens is 3. The molecule has 7 nitrogen and oxygen atoms in total. The van der Waals surface area contributed by atoms with Crippen molar-refractivity contribution < 1.29 is 19.3 Å². The van der Waals surface area contributed by atoms with Crippen LogP contribution in [0.15, 0.2) is 29.1 Å². The molecule has 0 amide bonds. The van der Waals surface area contributed by atoms with Crippen LogP contribution < -0.4 is 9.80 Å². The average molecular weight is 335 g/mol. The first kappa shape index (κ1) is 14.7. The van der Waals surface area contributed by atoms with Gasteiger partial charge in [0.1, 0.15) is 37.4 Å². The molecule has 0 aromatic carbocycles. The highest BCUT2D eigenvalue weighted by atomic mass is 32.1. The summed E-state index contributed by atoms with van der Waals surface area (Å²) >= 11 is 1.49. The van der Waals surface area contributed by atoms with Crippen LogP contribution in [0, 0.1) is 0 Å². The lowest BCUT2D eigenvalue weighted by atomic mass is 10.1. The molecule has 0 aliphatic carbocycles.